The van der Waals surface area contributed by atoms with Crippen molar-refractivity contribution in [1.82, 2.24) is 15.0 Å². The lowest BCUT2D eigenvalue weighted by atomic mass is 10.1. The molecule has 0 saturated heterocycles. The van der Waals surface area contributed by atoms with Crippen molar-refractivity contribution in [3.8, 4) is 11.4 Å². The second kappa shape index (κ2) is 4.45. The Balaban J connectivity index is 2.61. The quantitative estimate of drug-likeness (QED) is 0.863. The molecule has 5 heteroatoms. The number of hydrogen-bond donors (Lipinski definition) is 1. The first kappa shape index (κ1) is 11.4. The maximum atomic E-state index is 13.6. The molecule has 0 aliphatic rings. The van der Waals surface area contributed by atoms with Gasteiger partial charge in [-0.2, -0.15) is 0 Å². The third-order valence-electron chi connectivity index (χ3n) is 2.53. The second-order valence-corrected chi connectivity index (χ2v) is 3.74. The van der Waals surface area contributed by atoms with Crippen LogP contribution in [0, 0.1) is 19.7 Å². The van der Waals surface area contributed by atoms with Crippen molar-refractivity contribution < 1.29 is 4.39 Å². The van der Waals surface area contributed by atoms with E-state index in [1.807, 2.05) is 13.0 Å². The molecule has 2 aromatic heterocycles. The molecule has 0 amide bonds. The molecule has 0 atom stereocenters. The molecule has 88 valence electrons. The first-order valence-electron chi connectivity index (χ1n) is 5.26. The van der Waals surface area contributed by atoms with Gasteiger partial charge in [0.2, 0.25) is 0 Å². The number of aryl methyl sites for hydroxylation is 2. The Morgan fingerprint density at radius 3 is 2.65 bits per heavy atom. The van der Waals surface area contributed by atoms with Gasteiger partial charge in [-0.1, -0.05) is 0 Å². The molecule has 0 bridgehead atoms. The fourth-order valence-corrected chi connectivity index (χ4v) is 1.54. The van der Waals surface area contributed by atoms with Gasteiger partial charge in [0.05, 0.1) is 5.69 Å². The molecular weight excluding hydrogens is 219 g/mol. The molecule has 2 aromatic rings. The van der Waals surface area contributed by atoms with Crippen molar-refractivity contribution in [2.45, 2.75) is 13.8 Å². The molecule has 17 heavy (non-hydrogen) atoms. The van der Waals surface area contributed by atoms with Gasteiger partial charge in [-0.3, -0.25) is 4.98 Å². The van der Waals surface area contributed by atoms with Crippen LogP contribution >= 0.6 is 0 Å². The zero-order valence-electron chi connectivity index (χ0n) is 9.95. The Hall–Kier alpha value is -2.04. The fourth-order valence-electron chi connectivity index (χ4n) is 1.54. The maximum absolute atomic E-state index is 13.6. The minimum Gasteiger partial charge on any atom is -0.371 e. The lowest BCUT2D eigenvalue weighted by Gasteiger charge is -2.08. The topological polar surface area (TPSA) is 50.7 Å². The van der Waals surface area contributed by atoms with Crippen molar-refractivity contribution in [1.29, 1.82) is 0 Å². The van der Waals surface area contributed by atoms with Crippen molar-refractivity contribution in [2.75, 3.05) is 12.4 Å². The number of nitrogens with one attached hydrogen (secondary N) is 1. The second-order valence-electron chi connectivity index (χ2n) is 3.74. The van der Waals surface area contributed by atoms with Gasteiger partial charge in [0.25, 0.3) is 0 Å². The van der Waals surface area contributed by atoms with Crippen LogP contribution in [-0.4, -0.2) is 22.0 Å². The molecule has 2 rings (SSSR count). The van der Waals surface area contributed by atoms with Gasteiger partial charge in [-0.25, -0.2) is 14.4 Å². The minimum absolute atomic E-state index is 0.204. The molecule has 2 heterocycles. The molecule has 0 unspecified atom stereocenters. The number of nitrogens with zero attached hydrogens (tertiary/aromatic N) is 3. The predicted octanol–water partition coefficient (Wildman–Crippen LogP) is 2.34. The number of pyridine rings is 1. The van der Waals surface area contributed by atoms with Crippen LogP contribution in [0.2, 0.25) is 0 Å². The zero-order valence-corrected chi connectivity index (χ0v) is 9.95. The van der Waals surface area contributed by atoms with E-state index in [1.165, 1.54) is 0 Å². The Bertz CT molecular complexity index is 554. The van der Waals surface area contributed by atoms with Crippen LogP contribution in [0.1, 0.15) is 11.3 Å². The summed E-state index contributed by atoms with van der Waals surface area (Å²) in [6, 6.07) is 1.87. The Labute approximate surface area is 99.0 Å². The summed E-state index contributed by atoms with van der Waals surface area (Å²) in [4.78, 5) is 12.3. The summed E-state index contributed by atoms with van der Waals surface area (Å²) in [6.45, 7) is 3.56. The van der Waals surface area contributed by atoms with Crippen LogP contribution in [0.3, 0.4) is 0 Å². The number of aromatic nitrogens is 3. The minimum atomic E-state index is -0.419. The standard InChI is InChI=1S/C12H13FN4/c1-7-4-5-15-6-9(7)11-16-8(2)10(13)12(14-3)17-11/h4-6H,1-3H3,(H,14,16,17). The van der Waals surface area contributed by atoms with Crippen LogP contribution < -0.4 is 5.32 Å². The first-order chi connectivity index (χ1) is 8.13. The largest absolute Gasteiger partial charge is 0.371 e. The molecule has 1 N–H and O–H groups in total. The summed E-state index contributed by atoms with van der Waals surface area (Å²) in [5.41, 5.74) is 2.14. The molecule has 0 fully saturated rings. The summed E-state index contributed by atoms with van der Waals surface area (Å²) in [5, 5.41) is 2.72. The van der Waals surface area contributed by atoms with Gasteiger partial charge in [0, 0.05) is 25.0 Å². The summed E-state index contributed by atoms with van der Waals surface area (Å²) in [6.07, 6.45) is 3.38. The molecule has 4 nitrogen and oxygen atoms in total. The third-order valence-corrected chi connectivity index (χ3v) is 2.53. The van der Waals surface area contributed by atoms with E-state index in [9.17, 15) is 4.39 Å². The Kier molecular flexibility index (Phi) is 2.99. The van der Waals surface area contributed by atoms with Crippen LogP contribution in [0.15, 0.2) is 18.5 Å². The van der Waals surface area contributed by atoms with E-state index in [1.54, 1.807) is 26.4 Å². The van der Waals surface area contributed by atoms with Gasteiger partial charge in [0.15, 0.2) is 17.5 Å². The summed E-state index contributed by atoms with van der Waals surface area (Å²) in [7, 11) is 1.63. The fraction of sp³-hybridized carbons (Fsp3) is 0.250. The highest BCUT2D eigenvalue weighted by Crippen LogP contribution is 2.22. The van der Waals surface area contributed by atoms with Crippen molar-refractivity contribution >= 4 is 5.82 Å². The van der Waals surface area contributed by atoms with Gasteiger partial charge < -0.3 is 5.32 Å². The van der Waals surface area contributed by atoms with Crippen LogP contribution in [0.4, 0.5) is 10.2 Å². The Morgan fingerprint density at radius 2 is 2.00 bits per heavy atom. The van der Waals surface area contributed by atoms with E-state index in [0.29, 0.717) is 11.5 Å². The van der Waals surface area contributed by atoms with Gasteiger partial charge in [-0.15, -0.1) is 0 Å². The zero-order chi connectivity index (χ0) is 12.4. The molecule has 0 aliphatic heterocycles. The van der Waals surface area contributed by atoms with Crippen molar-refractivity contribution in [3.63, 3.8) is 0 Å². The average molecular weight is 232 g/mol. The molecule has 0 radical (unpaired) electrons. The number of anilines is 1. The highest BCUT2D eigenvalue weighted by atomic mass is 19.1. The van der Waals surface area contributed by atoms with Gasteiger partial charge >= 0.3 is 0 Å². The van der Waals surface area contributed by atoms with E-state index in [0.717, 1.165) is 11.1 Å². The van der Waals surface area contributed by atoms with Gasteiger partial charge in [0.1, 0.15) is 0 Å². The van der Waals surface area contributed by atoms with Gasteiger partial charge in [-0.05, 0) is 25.5 Å². The normalized spacial score (nSPS) is 10.4. The molecule has 0 aromatic carbocycles. The number of halogens is 1. The molecule has 0 spiro atoms. The van der Waals surface area contributed by atoms with Crippen molar-refractivity contribution in [2.24, 2.45) is 0 Å². The first-order valence-corrected chi connectivity index (χ1v) is 5.26. The van der Waals surface area contributed by atoms with E-state index in [-0.39, 0.29) is 5.82 Å². The summed E-state index contributed by atoms with van der Waals surface area (Å²) in [5.74, 6) is 0.271. The van der Waals surface area contributed by atoms with Crippen LogP contribution in [0.5, 0.6) is 0 Å². The van der Waals surface area contributed by atoms with Crippen LogP contribution in [0.25, 0.3) is 11.4 Å². The van der Waals surface area contributed by atoms with E-state index < -0.39 is 5.82 Å². The summed E-state index contributed by atoms with van der Waals surface area (Å²) < 4.78 is 13.6. The lowest BCUT2D eigenvalue weighted by Crippen LogP contribution is -2.04. The van der Waals surface area contributed by atoms with Crippen LogP contribution in [-0.2, 0) is 0 Å². The third kappa shape index (κ3) is 2.08. The smallest absolute Gasteiger partial charge is 0.186 e. The summed E-state index contributed by atoms with van der Waals surface area (Å²) >= 11 is 0. The van der Waals surface area contributed by atoms with E-state index in [2.05, 4.69) is 20.3 Å². The molecule has 0 aliphatic carbocycles. The Morgan fingerprint density at radius 1 is 1.24 bits per heavy atom. The average Bonchev–Trinajstić information content (AvgIpc) is 2.33. The number of rotatable bonds is 2. The number of hydrogen-bond acceptors (Lipinski definition) is 4. The lowest BCUT2D eigenvalue weighted by molar-refractivity contribution is 0.607. The molecule has 0 saturated carbocycles. The maximum Gasteiger partial charge on any atom is 0.186 e. The van der Waals surface area contributed by atoms with Crippen molar-refractivity contribution in [3.05, 3.63) is 35.5 Å². The monoisotopic (exact) mass is 232 g/mol. The van der Waals surface area contributed by atoms with E-state index >= 15 is 0 Å². The SMILES string of the molecule is CNc1nc(-c2cnccc2C)nc(C)c1F. The highest BCUT2D eigenvalue weighted by molar-refractivity contribution is 5.60. The molecular formula is C12H13FN4. The predicted molar refractivity (Wildman–Crippen MR) is 64.2 cm³/mol. The highest BCUT2D eigenvalue weighted by Gasteiger charge is 2.12. The van der Waals surface area contributed by atoms with E-state index in [4.69, 9.17) is 0 Å².